The third-order valence-electron chi connectivity index (χ3n) is 3.71. The van der Waals surface area contributed by atoms with Gasteiger partial charge < -0.3 is 10.1 Å². The van der Waals surface area contributed by atoms with Crippen LogP contribution in [0.1, 0.15) is 35.2 Å². The molecule has 0 spiro atoms. The predicted octanol–water partition coefficient (Wildman–Crippen LogP) is 4.15. The predicted molar refractivity (Wildman–Crippen MR) is 84.4 cm³/mol. The van der Waals surface area contributed by atoms with E-state index in [1.165, 1.54) is 11.6 Å². The van der Waals surface area contributed by atoms with E-state index in [2.05, 4.69) is 25.2 Å². The van der Waals surface area contributed by atoms with Gasteiger partial charge in [0.05, 0.1) is 13.2 Å². The number of halogens is 1. The molecule has 0 aliphatic rings. The maximum absolute atomic E-state index is 13.5. The van der Waals surface area contributed by atoms with Crippen molar-refractivity contribution in [2.24, 2.45) is 0 Å². The van der Waals surface area contributed by atoms with E-state index in [1.54, 1.807) is 14.0 Å². The quantitative estimate of drug-likeness (QED) is 0.892. The minimum absolute atomic E-state index is 0.0557. The highest BCUT2D eigenvalue weighted by molar-refractivity contribution is 5.42. The molecule has 2 rings (SSSR count). The molecule has 2 aromatic carbocycles. The number of ether oxygens (including phenoxy) is 1. The van der Waals surface area contributed by atoms with Crippen LogP contribution >= 0.6 is 0 Å². The zero-order valence-electron chi connectivity index (χ0n) is 13.0. The van der Waals surface area contributed by atoms with Crippen LogP contribution in [0, 0.1) is 19.7 Å². The number of rotatable bonds is 5. The zero-order valence-corrected chi connectivity index (χ0v) is 13.0. The van der Waals surface area contributed by atoms with E-state index in [0.29, 0.717) is 5.56 Å². The molecule has 0 fully saturated rings. The van der Waals surface area contributed by atoms with Gasteiger partial charge in [0.2, 0.25) is 0 Å². The zero-order chi connectivity index (χ0) is 15.4. The molecule has 0 saturated heterocycles. The van der Waals surface area contributed by atoms with E-state index in [0.717, 1.165) is 23.4 Å². The number of methoxy groups -OCH3 is 1. The van der Waals surface area contributed by atoms with E-state index in [4.69, 9.17) is 4.74 Å². The fraction of sp³-hybridized carbons (Fsp3) is 0.333. The van der Waals surface area contributed by atoms with Gasteiger partial charge in [0, 0.05) is 0 Å². The average Bonchev–Trinajstić information content (AvgIpc) is 2.48. The molecule has 0 saturated carbocycles. The molecule has 0 heterocycles. The minimum atomic E-state index is -0.166. The lowest BCUT2D eigenvalue weighted by molar-refractivity contribution is 0.414. The summed E-state index contributed by atoms with van der Waals surface area (Å²) in [6.45, 7) is 6.77. The van der Waals surface area contributed by atoms with Crippen LogP contribution in [-0.2, 0) is 0 Å². The summed E-state index contributed by atoms with van der Waals surface area (Å²) in [6.07, 6.45) is 0. The van der Waals surface area contributed by atoms with Crippen molar-refractivity contribution < 1.29 is 9.13 Å². The fourth-order valence-corrected chi connectivity index (χ4v) is 2.56. The lowest BCUT2D eigenvalue weighted by Gasteiger charge is -2.22. The monoisotopic (exact) mass is 287 g/mol. The molecule has 1 atom stereocenters. The van der Waals surface area contributed by atoms with Crippen LogP contribution in [0.25, 0.3) is 0 Å². The second-order valence-electron chi connectivity index (χ2n) is 5.22. The molecule has 1 unspecified atom stereocenters. The summed E-state index contributed by atoms with van der Waals surface area (Å²) in [7, 11) is 1.67. The summed E-state index contributed by atoms with van der Waals surface area (Å²) >= 11 is 0. The van der Waals surface area contributed by atoms with Gasteiger partial charge in [-0.1, -0.05) is 25.1 Å². The molecule has 112 valence electrons. The standard InChI is InChI=1S/C18H22FNO/c1-5-20-18(14-6-9-17(19)13(3)10-14)16-8-7-15(21-4)11-12(16)2/h6-11,18,20H,5H2,1-4H3. The number of benzene rings is 2. The Labute approximate surface area is 126 Å². The van der Waals surface area contributed by atoms with Crippen molar-refractivity contribution in [3.05, 3.63) is 64.5 Å². The Balaban J connectivity index is 2.45. The van der Waals surface area contributed by atoms with Crippen LogP contribution in [0.15, 0.2) is 36.4 Å². The topological polar surface area (TPSA) is 21.3 Å². The Bertz CT molecular complexity index is 625. The highest BCUT2D eigenvalue weighted by Crippen LogP contribution is 2.28. The molecule has 0 aliphatic carbocycles. The van der Waals surface area contributed by atoms with Crippen molar-refractivity contribution in [3.8, 4) is 5.75 Å². The van der Waals surface area contributed by atoms with Gasteiger partial charge in [0.25, 0.3) is 0 Å². The van der Waals surface area contributed by atoms with E-state index in [1.807, 2.05) is 24.3 Å². The van der Waals surface area contributed by atoms with Crippen molar-refractivity contribution in [2.75, 3.05) is 13.7 Å². The van der Waals surface area contributed by atoms with Gasteiger partial charge in [0.15, 0.2) is 0 Å². The smallest absolute Gasteiger partial charge is 0.126 e. The van der Waals surface area contributed by atoms with E-state index < -0.39 is 0 Å². The SMILES string of the molecule is CCNC(c1ccc(F)c(C)c1)c1ccc(OC)cc1C. The van der Waals surface area contributed by atoms with E-state index in [9.17, 15) is 4.39 Å². The van der Waals surface area contributed by atoms with Crippen LogP contribution in [0.3, 0.4) is 0 Å². The first-order valence-electron chi connectivity index (χ1n) is 7.20. The molecule has 0 aromatic heterocycles. The molecule has 3 heteroatoms. The largest absolute Gasteiger partial charge is 0.497 e. The van der Waals surface area contributed by atoms with Crippen LogP contribution < -0.4 is 10.1 Å². The summed E-state index contributed by atoms with van der Waals surface area (Å²) in [6, 6.07) is 11.4. The molecule has 2 nitrogen and oxygen atoms in total. The van der Waals surface area contributed by atoms with Gasteiger partial charge in [-0.2, -0.15) is 0 Å². The lowest BCUT2D eigenvalue weighted by Crippen LogP contribution is -2.23. The molecule has 21 heavy (non-hydrogen) atoms. The number of hydrogen-bond acceptors (Lipinski definition) is 2. The summed E-state index contributed by atoms with van der Waals surface area (Å²) < 4.78 is 18.8. The van der Waals surface area contributed by atoms with Gasteiger partial charge in [-0.3, -0.25) is 0 Å². The van der Waals surface area contributed by atoms with E-state index >= 15 is 0 Å². The number of nitrogens with one attached hydrogen (secondary N) is 1. The summed E-state index contributed by atoms with van der Waals surface area (Å²) in [5.41, 5.74) is 4.08. The summed E-state index contributed by atoms with van der Waals surface area (Å²) in [5, 5.41) is 3.48. The van der Waals surface area contributed by atoms with Crippen molar-refractivity contribution in [1.29, 1.82) is 0 Å². The van der Waals surface area contributed by atoms with Crippen LogP contribution in [0.2, 0.25) is 0 Å². The number of aryl methyl sites for hydroxylation is 2. The molecule has 0 aliphatic heterocycles. The summed E-state index contributed by atoms with van der Waals surface area (Å²) in [5.74, 6) is 0.683. The Kier molecular flexibility index (Phi) is 4.97. The van der Waals surface area contributed by atoms with Crippen molar-refractivity contribution in [3.63, 3.8) is 0 Å². The van der Waals surface area contributed by atoms with Gasteiger partial charge in [-0.05, 0) is 60.8 Å². The Morgan fingerprint density at radius 3 is 2.43 bits per heavy atom. The maximum atomic E-state index is 13.5. The first kappa shape index (κ1) is 15.5. The molecular weight excluding hydrogens is 265 g/mol. The van der Waals surface area contributed by atoms with Gasteiger partial charge in [0.1, 0.15) is 11.6 Å². The highest BCUT2D eigenvalue weighted by atomic mass is 19.1. The minimum Gasteiger partial charge on any atom is -0.497 e. The average molecular weight is 287 g/mol. The first-order chi connectivity index (χ1) is 10.1. The molecule has 0 amide bonds. The lowest BCUT2D eigenvalue weighted by atomic mass is 9.93. The second kappa shape index (κ2) is 6.72. The molecule has 0 radical (unpaired) electrons. The Morgan fingerprint density at radius 1 is 1.10 bits per heavy atom. The van der Waals surface area contributed by atoms with Gasteiger partial charge in [-0.15, -0.1) is 0 Å². The summed E-state index contributed by atoms with van der Waals surface area (Å²) in [4.78, 5) is 0. The van der Waals surface area contributed by atoms with Gasteiger partial charge in [-0.25, -0.2) is 4.39 Å². The molecule has 2 aromatic rings. The molecule has 0 bridgehead atoms. The maximum Gasteiger partial charge on any atom is 0.126 e. The molecule has 1 N–H and O–H groups in total. The van der Waals surface area contributed by atoms with Crippen molar-refractivity contribution in [1.82, 2.24) is 5.32 Å². The molecular formula is C18H22FNO. The van der Waals surface area contributed by atoms with Crippen LogP contribution in [0.4, 0.5) is 4.39 Å². The third-order valence-corrected chi connectivity index (χ3v) is 3.71. The Hall–Kier alpha value is -1.87. The second-order valence-corrected chi connectivity index (χ2v) is 5.22. The highest BCUT2D eigenvalue weighted by Gasteiger charge is 2.16. The van der Waals surface area contributed by atoms with Gasteiger partial charge >= 0.3 is 0 Å². The normalized spacial score (nSPS) is 12.2. The van der Waals surface area contributed by atoms with Crippen LogP contribution in [0.5, 0.6) is 5.75 Å². The number of hydrogen-bond donors (Lipinski definition) is 1. The van der Waals surface area contributed by atoms with Crippen molar-refractivity contribution in [2.45, 2.75) is 26.8 Å². The van der Waals surface area contributed by atoms with Crippen LogP contribution in [-0.4, -0.2) is 13.7 Å². The third kappa shape index (κ3) is 3.42. The Morgan fingerprint density at radius 2 is 1.86 bits per heavy atom. The van der Waals surface area contributed by atoms with Crippen molar-refractivity contribution >= 4 is 0 Å². The fourth-order valence-electron chi connectivity index (χ4n) is 2.56. The first-order valence-corrected chi connectivity index (χ1v) is 7.20. The van der Waals surface area contributed by atoms with E-state index in [-0.39, 0.29) is 11.9 Å².